The molecule has 0 amide bonds. The average Bonchev–Trinajstić information content (AvgIpc) is 2.33. The molecule has 0 aliphatic heterocycles. The van der Waals surface area contributed by atoms with Crippen molar-refractivity contribution in [3.63, 3.8) is 0 Å². The van der Waals surface area contributed by atoms with Crippen LogP contribution in [0.1, 0.15) is 25.3 Å². The zero-order chi connectivity index (χ0) is 11.6. The molecule has 0 saturated carbocycles. The van der Waals surface area contributed by atoms with Crippen molar-refractivity contribution in [1.82, 2.24) is 15.3 Å². The van der Waals surface area contributed by atoms with E-state index in [4.69, 9.17) is 5.11 Å². The standard InChI is InChI=1S/C11H20N4O/c1-2-4-13-11-14-8-10(9-15-11)7-12-5-3-6-16/h8-9,12,16H,2-7H2,1H3,(H,13,14,15). The highest BCUT2D eigenvalue weighted by molar-refractivity contribution is 5.24. The number of hydrogen-bond acceptors (Lipinski definition) is 5. The van der Waals surface area contributed by atoms with Gasteiger partial charge in [-0.3, -0.25) is 0 Å². The maximum atomic E-state index is 8.61. The summed E-state index contributed by atoms with van der Waals surface area (Å²) in [6.07, 6.45) is 5.47. The number of anilines is 1. The molecule has 0 saturated heterocycles. The van der Waals surface area contributed by atoms with E-state index in [1.807, 2.05) is 12.4 Å². The van der Waals surface area contributed by atoms with Gasteiger partial charge < -0.3 is 15.7 Å². The fourth-order valence-corrected chi connectivity index (χ4v) is 1.21. The Morgan fingerprint density at radius 1 is 1.25 bits per heavy atom. The van der Waals surface area contributed by atoms with E-state index in [-0.39, 0.29) is 6.61 Å². The molecule has 5 nitrogen and oxygen atoms in total. The Bertz CT molecular complexity index is 276. The number of hydrogen-bond donors (Lipinski definition) is 3. The lowest BCUT2D eigenvalue weighted by Crippen LogP contribution is -2.16. The highest BCUT2D eigenvalue weighted by Gasteiger charge is 1.96. The second-order valence-corrected chi connectivity index (χ2v) is 3.60. The molecule has 90 valence electrons. The summed E-state index contributed by atoms with van der Waals surface area (Å²) in [5.41, 5.74) is 1.06. The van der Waals surface area contributed by atoms with E-state index in [0.29, 0.717) is 5.95 Å². The lowest BCUT2D eigenvalue weighted by atomic mass is 10.3. The molecule has 1 aromatic heterocycles. The SMILES string of the molecule is CCCNc1ncc(CNCCCO)cn1. The third kappa shape index (κ3) is 5.04. The Labute approximate surface area is 96.3 Å². The van der Waals surface area contributed by atoms with E-state index in [2.05, 4.69) is 27.5 Å². The average molecular weight is 224 g/mol. The second kappa shape index (κ2) is 8.01. The van der Waals surface area contributed by atoms with Crippen molar-refractivity contribution in [2.24, 2.45) is 0 Å². The number of nitrogens with one attached hydrogen (secondary N) is 2. The predicted octanol–water partition coefficient (Wildman–Crippen LogP) is 0.770. The molecule has 0 aromatic carbocycles. The zero-order valence-corrected chi connectivity index (χ0v) is 9.74. The summed E-state index contributed by atoms with van der Waals surface area (Å²) in [6, 6.07) is 0. The third-order valence-electron chi connectivity index (χ3n) is 2.08. The molecule has 0 aliphatic rings. The molecule has 1 rings (SSSR count). The van der Waals surface area contributed by atoms with Crippen molar-refractivity contribution >= 4 is 5.95 Å². The number of nitrogens with zero attached hydrogens (tertiary/aromatic N) is 2. The lowest BCUT2D eigenvalue weighted by molar-refractivity contribution is 0.286. The molecule has 16 heavy (non-hydrogen) atoms. The normalized spacial score (nSPS) is 10.4. The highest BCUT2D eigenvalue weighted by Crippen LogP contribution is 1.99. The van der Waals surface area contributed by atoms with Gasteiger partial charge in [-0.05, 0) is 19.4 Å². The van der Waals surface area contributed by atoms with Crippen molar-refractivity contribution in [1.29, 1.82) is 0 Å². The molecule has 0 spiro atoms. The van der Waals surface area contributed by atoms with Crippen LogP contribution in [-0.4, -0.2) is 34.8 Å². The molecular weight excluding hydrogens is 204 g/mol. The van der Waals surface area contributed by atoms with Gasteiger partial charge in [0.15, 0.2) is 0 Å². The Morgan fingerprint density at radius 3 is 2.62 bits per heavy atom. The first-order valence-corrected chi connectivity index (χ1v) is 5.73. The summed E-state index contributed by atoms with van der Waals surface area (Å²) in [6.45, 7) is 4.78. The van der Waals surface area contributed by atoms with Crippen molar-refractivity contribution in [3.8, 4) is 0 Å². The second-order valence-electron chi connectivity index (χ2n) is 3.60. The number of aliphatic hydroxyl groups excluding tert-OH is 1. The molecular formula is C11H20N4O. The van der Waals surface area contributed by atoms with E-state index in [1.165, 1.54) is 0 Å². The Kier molecular flexibility index (Phi) is 6.44. The van der Waals surface area contributed by atoms with Crippen LogP contribution >= 0.6 is 0 Å². The van der Waals surface area contributed by atoms with E-state index in [1.54, 1.807) is 0 Å². The fourth-order valence-electron chi connectivity index (χ4n) is 1.21. The molecule has 0 radical (unpaired) electrons. The van der Waals surface area contributed by atoms with Crippen molar-refractivity contribution < 1.29 is 5.11 Å². The van der Waals surface area contributed by atoms with Gasteiger partial charge in [-0.1, -0.05) is 6.92 Å². The van der Waals surface area contributed by atoms with Gasteiger partial charge in [0.1, 0.15) is 0 Å². The first-order chi connectivity index (χ1) is 7.86. The van der Waals surface area contributed by atoms with Crippen LogP contribution in [0.4, 0.5) is 5.95 Å². The van der Waals surface area contributed by atoms with Gasteiger partial charge in [-0.15, -0.1) is 0 Å². The molecule has 1 heterocycles. The Morgan fingerprint density at radius 2 is 2.00 bits per heavy atom. The zero-order valence-electron chi connectivity index (χ0n) is 9.74. The summed E-state index contributed by atoms with van der Waals surface area (Å²) in [7, 11) is 0. The van der Waals surface area contributed by atoms with E-state index in [0.717, 1.165) is 38.0 Å². The molecule has 0 bridgehead atoms. The van der Waals surface area contributed by atoms with Crippen molar-refractivity contribution in [3.05, 3.63) is 18.0 Å². The molecule has 5 heteroatoms. The van der Waals surface area contributed by atoms with Crippen molar-refractivity contribution in [2.45, 2.75) is 26.3 Å². The van der Waals surface area contributed by atoms with Crippen LogP contribution in [0, 0.1) is 0 Å². The van der Waals surface area contributed by atoms with Gasteiger partial charge in [0.2, 0.25) is 5.95 Å². The Balaban J connectivity index is 2.27. The first kappa shape index (κ1) is 12.9. The summed E-state index contributed by atoms with van der Waals surface area (Å²) in [5, 5.41) is 14.9. The third-order valence-corrected chi connectivity index (χ3v) is 2.08. The van der Waals surface area contributed by atoms with Gasteiger partial charge in [0.25, 0.3) is 0 Å². The number of rotatable bonds is 8. The van der Waals surface area contributed by atoms with Gasteiger partial charge in [-0.2, -0.15) is 0 Å². The largest absolute Gasteiger partial charge is 0.396 e. The van der Waals surface area contributed by atoms with Gasteiger partial charge in [-0.25, -0.2) is 9.97 Å². The minimum Gasteiger partial charge on any atom is -0.396 e. The van der Waals surface area contributed by atoms with Crippen LogP contribution in [0.2, 0.25) is 0 Å². The smallest absolute Gasteiger partial charge is 0.222 e. The van der Waals surface area contributed by atoms with E-state index in [9.17, 15) is 0 Å². The number of aromatic nitrogens is 2. The molecule has 0 fully saturated rings. The van der Waals surface area contributed by atoms with Crippen LogP contribution in [0.3, 0.4) is 0 Å². The minimum atomic E-state index is 0.226. The van der Waals surface area contributed by atoms with Gasteiger partial charge in [0.05, 0.1) is 0 Å². The lowest BCUT2D eigenvalue weighted by Gasteiger charge is -2.05. The van der Waals surface area contributed by atoms with Gasteiger partial charge in [0, 0.05) is 37.7 Å². The quantitative estimate of drug-likeness (QED) is 0.569. The molecule has 0 unspecified atom stereocenters. The van der Waals surface area contributed by atoms with Crippen molar-refractivity contribution in [2.75, 3.05) is 25.0 Å². The topological polar surface area (TPSA) is 70.1 Å². The highest BCUT2D eigenvalue weighted by atomic mass is 16.3. The molecule has 0 aliphatic carbocycles. The van der Waals surface area contributed by atoms with Crippen LogP contribution in [0.25, 0.3) is 0 Å². The molecule has 3 N–H and O–H groups in total. The summed E-state index contributed by atoms with van der Waals surface area (Å²) in [4.78, 5) is 8.41. The van der Waals surface area contributed by atoms with Crippen LogP contribution < -0.4 is 10.6 Å². The fraction of sp³-hybridized carbons (Fsp3) is 0.636. The summed E-state index contributed by atoms with van der Waals surface area (Å²) < 4.78 is 0. The molecule has 1 aromatic rings. The first-order valence-electron chi connectivity index (χ1n) is 5.73. The monoisotopic (exact) mass is 224 g/mol. The Hall–Kier alpha value is -1.20. The summed E-state index contributed by atoms with van der Waals surface area (Å²) >= 11 is 0. The summed E-state index contributed by atoms with van der Waals surface area (Å²) in [5.74, 6) is 0.681. The number of aliphatic hydroxyl groups is 1. The maximum absolute atomic E-state index is 8.61. The minimum absolute atomic E-state index is 0.226. The van der Waals surface area contributed by atoms with Crippen LogP contribution in [-0.2, 0) is 6.54 Å². The molecule has 0 atom stereocenters. The van der Waals surface area contributed by atoms with Crippen LogP contribution in [0.15, 0.2) is 12.4 Å². The van der Waals surface area contributed by atoms with Gasteiger partial charge >= 0.3 is 0 Å². The van der Waals surface area contributed by atoms with E-state index < -0.39 is 0 Å². The maximum Gasteiger partial charge on any atom is 0.222 e. The van der Waals surface area contributed by atoms with Crippen LogP contribution in [0.5, 0.6) is 0 Å². The van der Waals surface area contributed by atoms with E-state index >= 15 is 0 Å². The predicted molar refractivity (Wildman–Crippen MR) is 64.2 cm³/mol.